The van der Waals surface area contributed by atoms with Crippen molar-refractivity contribution in [2.75, 3.05) is 7.11 Å². The van der Waals surface area contributed by atoms with E-state index in [1.807, 2.05) is 24.3 Å². The molecule has 1 saturated carbocycles. The number of carbonyl (C=O) groups excluding carboxylic acids is 3. The Balaban J connectivity index is 1.28. The third kappa shape index (κ3) is 8.06. The molecule has 1 aliphatic carbocycles. The minimum absolute atomic E-state index is 0.0499. The number of esters is 1. The van der Waals surface area contributed by atoms with Gasteiger partial charge in [-0.05, 0) is 67.2 Å². The quantitative estimate of drug-likeness (QED) is 0.166. The predicted octanol–water partition coefficient (Wildman–Crippen LogP) is 8.02. The molecule has 2 aromatic carbocycles. The molecule has 4 rings (SSSR count). The summed E-state index contributed by atoms with van der Waals surface area (Å²) in [6.07, 6.45) is -0.480. The standard InChI is InChI=1S/C31H31ClF3NO5/c1-40-27(39)18-20-11-15-22(16-12-20)21-13-9-19(10-14-21)17-23(37)5-4-8-26(38)28-29(31(33,34)35)41-30(36-28)24-6-2-3-7-25(24)32/h2-3,6-7,9-10,13-14,20,22H,4-5,8,11-12,15-18H2,1H3. The van der Waals surface area contributed by atoms with Gasteiger partial charge in [-0.25, -0.2) is 4.98 Å². The molecular weight excluding hydrogens is 559 g/mol. The van der Waals surface area contributed by atoms with Crippen molar-refractivity contribution in [3.63, 3.8) is 0 Å². The zero-order chi connectivity index (χ0) is 29.6. The highest BCUT2D eigenvalue weighted by molar-refractivity contribution is 6.33. The number of methoxy groups -OCH3 is 1. The van der Waals surface area contributed by atoms with E-state index in [-0.39, 0.29) is 53.9 Å². The lowest BCUT2D eigenvalue weighted by Gasteiger charge is -2.28. The van der Waals surface area contributed by atoms with Crippen LogP contribution in [0, 0.1) is 5.92 Å². The molecule has 0 N–H and O–H groups in total. The molecule has 6 nitrogen and oxygen atoms in total. The summed E-state index contributed by atoms with van der Waals surface area (Å²) in [5.41, 5.74) is 1.37. The number of Topliss-reactive ketones (excluding diaryl/α,β-unsaturated/α-hetero) is 2. The van der Waals surface area contributed by atoms with Crippen LogP contribution in [0.5, 0.6) is 0 Å². The Morgan fingerprint density at radius 1 is 1.00 bits per heavy atom. The van der Waals surface area contributed by atoms with Gasteiger partial charge in [0.15, 0.2) is 11.5 Å². The van der Waals surface area contributed by atoms with Gasteiger partial charge in [0.1, 0.15) is 5.78 Å². The van der Waals surface area contributed by atoms with Crippen molar-refractivity contribution in [2.45, 2.75) is 69.9 Å². The lowest BCUT2D eigenvalue weighted by atomic mass is 9.77. The minimum Gasteiger partial charge on any atom is -0.469 e. The van der Waals surface area contributed by atoms with E-state index in [0.29, 0.717) is 18.3 Å². The van der Waals surface area contributed by atoms with Crippen LogP contribution in [0.2, 0.25) is 5.02 Å². The van der Waals surface area contributed by atoms with Gasteiger partial charge in [-0.3, -0.25) is 14.4 Å². The summed E-state index contributed by atoms with van der Waals surface area (Å²) < 4.78 is 50.4. The van der Waals surface area contributed by atoms with Crippen LogP contribution in [0.25, 0.3) is 11.5 Å². The Bertz CT molecular complexity index is 1380. The molecule has 0 bridgehead atoms. The van der Waals surface area contributed by atoms with Crippen LogP contribution in [0.3, 0.4) is 0 Å². The number of alkyl halides is 3. The maximum absolute atomic E-state index is 13.6. The first-order valence-electron chi connectivity index (χ1n) is 13.6. The molecule has 41 heavy (non-hydrogen) atoms. The highest BCUT2D eigenvalue weighted by Gasteiger charge is 2.41. The number of ketones is 2. The first-order chi connectivity index (χ1) is 19.5. The van der Waals surface area contributed by atoms with Gasteiger partial charge in [0, 0.05) is 25.7 Å². The molecule has 218 valence electrons. The van der Waals surface area contributed by atoms with Crippen LogP contribution in [0.4, 0.5) is 13.2 Å². The van der Waals surface area contributed by atoms with E-state index < -0.39 is 23.4 Å². The van der Waals surface area contributed by atoms with Gasteiger partial charge >= 0.3 is 12.1 Å². The Labute approximate surface area is 241 Å². The SMILES string of the molecule is COC(=O)CC1CCC(c2ccc(CC(=O)CCCC(=O)c3nc(-c4ccccc4Cl)oc3C(F)(F)F)cc2)CC1. The molecule has 0 amide bonds. The van der Waals surface area contributed by atoms with Crippen molar-refractivity contribution in [1.29, 1.82) is 0 Å². The van der Waals surface area contributed by atoms with Gasteiger partial charge in [0.05, 0.1) is 17.7 Å². The van der Waals surface area contributed by atoms with Crippen LogP contribution in [-0.2, 0) is 26.9 Å². The lowest BCUT2D eigenvalue weighted by Crippen LogP contribution is -2.17. The predicted molar refractivity (Wildman–Crippen MR) is 147 cm³/mol. The molecule has 0 aliphatic heterocycles. The van der Waals surface area contributed by atoms with E-state index in [9.17, 15) is 27.6 Å². The van der Waals surface area contributed by atoms with Crippen molar-refractivity contribution < 1.29 is 36.7 Å². The van der Waals surface area contributed by atoms with Gasteiger partial charge in [0.25, 0.3) is 0 Å². The molecule has 0 unspecified atom stereocenters. The number of rotatable bonds is 11. The Kier molecular flexibility index (Phi) is 10.0. The fraction of sp³-hybridized carbons (Fsp3) is 0.419. The highest BCUT2D eigenvalue weighted by Crippen LogP contribution is 2.38. The second-order valence-corrected chi connectivity index (χ2v) is 10.8. The largest absolute Gasteiger partial charge is 0.469 e. The normalized spacial score (nSPS) is 17.3. The van der Waals surface area contributed by atoms with E-state index in [1.54, 1.807) is 12.1 Å². The van der Waals surface area contributed by atoms with Crippen LogP contribution in [0.1, 0.15) is 84.7 Å². The maximum Gasteiger partial charge on any atom is 0.452 e. The topological polar surface area (TPSA) is 86.5 Å². The van der Waals surface area contributed by atoms with Gasteiger partial charge in [-0.15, -0.1) is 0 Å². The van der Waals surface area contributed by atoms with Crippen molar-refractivity contribution in [2.24, 2.45) is 5.92 Å². The molecule has 0 saturated heterocycles. The van der Waals surface area contributed by atoms with E-state index in [1.165, 1.54) is 24.8 Å². The highest BCUT2D eigenvalue weighted by atomic mass is 35.5. The maximum atomic E-state index is 13.6. The molecule has 0 atom stereocenters. The fourth-order valence-corrected chi connectivity index (χ4v) is 5.47. The number of hydrogen-bond acceptors (Lipinski definition) is 6. The zero-order valence-corrected chi connectivity index (χ0v) is 23.4. The molecule has 1 heterocycles. The first-order valence-corrected chi connectivity index (χ1v) is 14.0. The molecule has 1 aliphatic rings. The number of aromatic nitrogens is 1. The molecule has 3 aromatic rings. The van der Waals surface area contributed by atoms with Gasteiger partial charge in [-0.1, -0.05) is 48.0 Å². The number of benzene rings is 2. The van der Waals surface area contributed by atoms with Crippen LogP contribution in [0.15, 0.2) is 52.9 Å². The van der Waals surface area contributed by atoms with Gasteiger partial charge < -0.3 is 9.15 Å². The smallest absolute Gasteiger partial charge is 0.452 e. The Hall–Kier alpha value is -3.46. The number of carbonyl (C=O) groups is 3. The van der Waals surface area contributed by atoms with Crippen molar-refractivity contribution in [3.8, 4) is 11.5 Å². The third-order valence-corrected chi connectivity index (χ3v) is 7.82. The Morgan fingerprint density at radius 2 is 1.68 bits per heavy atom. The van der Waals surface area contributed by atoms with Gasteiger partial charge in [-0.2, -0.15) is 13.2 Å². The monoisotopic (exact) mass is 589 g/mol. The molecule has 10 heteroatoms. The fourth-order valence-electron chi connectivity index (χ4n) is 5.26. The summed E-state index contributed by atoms with van der Waals surface area (Å²) in [7, 11) is 1.41. The van der Waals surface area contributed by atoms with Crippen LogP contribution in [-0.4, -0.2) is 29.6 Å². The second kappa shape index (κ2) is 13.5. The summed E-state index contributed by atoms with van der Waals surface area (Å²) in [6, 6.07) is 14.0. The molecule has 0 spiro atoms. The molecular formula is C31H31ClF3NO5. The summed E-state index contributed by atoms with van der Waals surface area (Å²) in [4.78, 5) is 40.5. The number of ether oxygens (including phenoxy) is 1. The van der Waals surface area contributed by atoms with E-state index in [4.69, 9.17) is 20.8 Å². The van der Waals surface area contributed by atoms with Crippen molar-refractivity contribution in [1.82, 2.24) is 4.98 Å². The number of oxazole rings is 1. The summed E-state index contributed by atoms with van der Waals surface area (Å²) >= 11 is 6.05. The average molecular weight is 590 g/mol. The summed E-state index contributed by atoms with van der Waals surface area (Å²) in [5, 5.41) is 0.142. The Morgan fingerprint density at radius 3 is 2.32 bits per heavy atom. The zero-order valence-electron chi connectivity index (χ0n) is 22.6. The minimum atomic E-state index is -4.91. The second-order valence-electron chi connectivity index (χ2n) is 10.4. The van der Waals surface area contributed by atoms with E-state index in [0.717, 1.165) is 31.2 Å². The van der Waals surface area contributed by atoms with Crippen molar-refractivity contribution >= 4 is 29.1 Å². The summed E-state index contributed by atoms with van der Waals surface area (Å²) in [5.74, 6) is -2.22. The number of nitrogens with zero attached hydrogens (tertiary/aromatic N) is 1. The number of halogens is 4. The third-order valence-electron chi connectivity index (χ3n) is 7.49. The van der Waals surface area contributed by atoms with E-state index >= 15 is 0 Å². The average Bonchev–Trinajstić information content (AvgIpc) is 3.40. The van der Waals surface area contributed by atoms with Crippen molar-refractivity contribution in [3.05, 3.63) is 76.1 Å². The molecule has 1 fully saturated rings. The van der Waals surface area contributed by atoms with E-state index in [2.05, 4.69) is 4.98 Å². The van der Waals surface area contributed by atoms with Gasteiger partial charge in [0.2, 0.25) is 11.7 Å². The number of hydrogen-bond donors (Lipinski definition) is 0. The first kappa shape index (κ1) is 30.5. The molecule has 1 aromatic heterocycles. The van der Waals surface area contributed by atoms with Crippen LogP contribution >= 0.6 is 11.6 Å². The molecule has 0 radical (unpaired) electrons. The van der Waals surface area contributed by atoms with Crippen LogP contribution < -0.4 is 0 Å². The lowest BCUT2D eigenvalue weighted by molar-refractivity contribution is -0.153. The summed E-state index contributed by atoms with van der Waals surface area (Å²) in [6.45, 7) is 0.